The zero-order chi connectivity index (χ0) is 13.5. The molecular formula is C16H18O3. The van der Waals surface area contributed by atoms with Gasteiger partial charge in [-0.15, -0.1) is 0 Å². The van der Waals surface area contributed by atoms with E-state index in [1.54, 1.807) is 0 Å². The van der Waals surface area contributed by atoms with Crippen molar-refractivity contribution in [3.05, 3.63) is 35.4 Å². The van der Waals surface area contributed by atoms with Gasteiger partial charge in [0.1, 0.15) is 0 Å². The maximum atomic E-state index is 12.3. The SMILES string of the molecule is Cc1ccc([C@@H]2CC(=O)O[C@@]23CCCCC3=O)cc1. The summed E-state index contributed by atoms with van der Waals surface area (Å²) in [5, 5.41) is 0. The summed E-state index contributed by atoms with van der Waals surface area (Å²) in [4.78, 5) is 24.1. The van der Waals surface area contributed by atoms with Gasteiger partial charge >= 0.3 is 5.97 Å². The number of aryl methyl sites for hydroxylation is 1. The lowest BCUT2D eigenvalue weighted by atomic mass is 9.72. The molecule has 3 heteroatoms. The van der Waals surface area contributed by atoms with Gasteiger partial charge in [0.15, 0.2) is 11.4 Å². The van der Waals surface area contributed by atoms with Gasteiger partial charge in [-0.1, -0.05) is 29.8 Å². The summed E-state index contributed by atoms with van der Waals surface area (Å²) in [7, 11) is 0. The Kier molecular flexibility index (Phi) is 2.92. The second-order valence-electron chi connectivity index (χ2n) is 5.66. The highest BCUT2D eigenvalue weighted by molar-refractivity contribution is 5.94. The second kappa shape index (κ2) is 4.48. The molecule has 1 saturated heterocycles. The van der Waals surface area contributed by atoms with Crippen molar-refractivity contribution in [2.45, 2.75) is 50.5 Å². The predicted molar refractivity (Wildman–Crippen MR) is 70.8 cm³/mol. The molecule has 1 saturated carbocycles. The van der Waals surface area contributed by atoms with Crippen LogP contribution in [0.15, 0.2) is 24.3 Å². The molecule has 2 aliphatic rings. The molecule has 0 amide bonds. The zero-order valence-corrected chi connectivity index (χ0v) is 11.1. The van der Waals surface area contributed by atoms with Gasteiger partial charge in [0.25, 0.3) is 0 Å². The zero-order valence-electron chi connectivity index (χ0n) is 11.1. The third-order valence-electron chi connectivity index (χ3n) is 4.38. The van der Waals surface area contributed by atoms with Crippen molar-refractivity contribution in [3.8, 4) is 0 Å². The molecule has 2 fully saturated rings. The maximum Gasteiger partial charge on any atom is 0.307 e. The van der Waals surface area contributed by atoms with Crippen LogP contribution in [0, 0.1) is 6.92 Å². The standard InChI is InChI=1S/C16H18O3/c1-11-5-7-12(8-6-11)13-10-15(18)19-16(13)9-3-2-4-14(16)17/h5-8,13H,2-4,9-10H2,1H3/t13-,16-/m0/s1. The minimum Gasteiger partial charge on any atom is -0.450 e. The van der Waals surface area contributed by atoms with Gasteiger partial charge in [-0.25, -0.2) is 0 Å². The molecule has 19 heavy (non-hydrogen) atoms. The van der Waals surface area contributed by atoms with E-state index in [0.717, 1.165) is 18.4 Å². The molecule has 0 bridgehead atoms. The molecule has 3 rings (SSSR count). The average Bonchev–Trinajstić information content (AvgIpc) is 2.72. The lowest BCUT2D eigenvalue weighted by Gasteiger charge is -2.35. The summed E-state index contributed by atoms with van der Waals surface area (Å²) in [6, 6.07) is 8.09. The Hall–Kier alpha value is -1.64. The summed E-state index contributed by atoms with van der Waals surface area (Å²) in [5.74, 6) is -0.232. The fourth-order valence-corrected chi connectivity index (χ4v) is 3.33. The van der Waals surface area contributed by atoms with E-state index in [2.05, 4.69) is 0 Å². The highest BCUT2D eigenvalue weighted by Gasteiger charge is 2.55. The molecular weight excluding hydrogens is 240 g/mol. The molecule has 1 aromatic rings. The van der Waals surface area contributed by atoms with Crippen LogP contribution in [-0.4, -0.2) is 17.4 Å². The highest BCUT2D eigenvalue weighted by Crippen LogP contribution is 2.47. The van der Waals surface area contributed by atoms with Crippen LogP contribution in [0.5, 0.6) is 0 Å². The van der Waals surface area contributed by atoms with Gasteiger partial charge in [0.2, 0.25) is 0 Å². The van der Waals surface area contributed by atoms with Crippen LogP contribution in [0.4, 0.5) is 0 Å². The van der Waals surface area contributed by atoms with Gasteiger partial charge in [-0.05, 0) is 31.7 Å². The van der Waals surface area contributed by atoms with Gasteiger partial charge < -0.3 is 4.74 Å². The number of hydrogen-bond acceptors (Lipinski definition) is 3. The largest absolute Gasteiger partial charge is 0.450 e. The number of ketones is 1. The van der Waals surface area contributed by atoms with Crippen molar-refractivity contribution >= 4 is 11.8 Å². The van der Waals surface area contributed by atoms with E-state index in [9.17, 15) is 9.59 Å². The quantitative estimate of drug-likeness (QED) is 0.727. The lowest BCUT2D eigenvalue weighted by molar-refractivity contribution is -0.160. The predicted octanol–water partition coefficient (Wildman–Crippen LogP) is 2.91. The molecule has 1 aromatic carbocycles. The monoisotopic (exact) mass is 258 g/mol. The summed E-state index contributed by atoms with van der Waals surface area (Å²) in [5.41, 5.74) is 1.36. The van der Waals surface area contributed by atoms with Crippen molar-refractivity contribution in [2.75, 3.05) is 0 Å². The van der Waals surface area contributed by atoms with Crippen LogP contribution in [0.2, 0.25) is 0 Å². The average molecular weight is 258 g/mol. The normalized spacial score (nSPS) is 30.7. The van der Waals surface area contributed by atoms with Crippen molar-refractivity contribution in [1.82, 2.24) is 0 Å². The Morgan fingerprint density at radius 1 is 1.16 bits per heavy atom. The van der Waals surface area contributed by atoms with E-state index in [1.165, 1.54) is 5.56 Å². The topological polar surface area (TPSA) is 43.4 Å². The smallest absolute Gasteiger partial charge is 0.307 e. The molecule has 3 nitrogen and oxygen atoms in total. The fraction of sp³-hybridized carbons (Fsp3) is 0.500. The fourth-order valence-electron chi connectivity index (χ4n) is 3.33. The van der Waals surface area contributed by atoms with Gasteiger partial charge in [0.05, 0.1) is 6.42 Å². The minimum absolute atomic E-state index is 0.103. The number of carbonyl (C=O) groups is 2. The van der Waals surface area contributed by atoms with Crippen molar-refractivity contribution in [3.63, 3.8) is 0 Å². The van der Waals surface area contributed by atoms with E-state index in [4.69, 9.17) is 4.74 Å². The number of carbonyl (C=O) groups excluding carboxylic acids is 2. The molecule has 0 radical (unpaired) electrons. The third-order valence-corrected chi connectivity index (χ3v) is 4.38. The first-order chi connectivity index (χ1) is 9.12. The minimum atomic E-state index is -0.870. The molecule has 1 aliphatic carbocycles. The van der Waals surface area contributed by atoms with Crippen molar-refractivity contribution < 1.29 is 14.3 Å². The Morgan fingerprint density at radius 2 is 1.89 bits per heavy atom. The van der Waals surface area contributed by atoms with Crippen LogP contribution in [0.3, 0.4) is 0 Å². The summed E-state index contributed by atoms with van der Waals surface area (Å²) in [6.45, 7) is 2.03. The number of hydrogen-bond donors (Lipinski definition) is 0. The van der Waals surface area contributed by atoms with Crippen molar-refractivity contribution in [2.24, 2.45) is 0 Å². The molecule has 100 valence electrons. The number of rotatable bonds is 1. The Balaban J connectivity index is 2.00. The van der Waals surface area contributed by atoms with Crippen molar-refractivity contribution in [1.29, 1.82) is 0 Å². The van der Waals surface area contributed by atoms with E-state index < -0.39 is 5.60 Å². The first kappa shape index (κ1) is 12.4. The molecule has 1 heterocycles. The highest BCUT2D eigenvalue weighted by atomic mass is 16.6. The number of esters is 1. The van der Waals surface area contributed by atoms with Gasteiger partial charge in [-0.3, -0.25) is 9.59 Å². The first-order valence-electron chi connectivity index (χ1n) is 6.93. The number of ether oxygens (including phenoxy) is 1. The van der Waals surface area contributed by atoms with E-state index in [-0.39, 0.29) is 17.7 Å². The van der Waals surface area contributed by atoms with Crippen LogP contribution < -0.4 is 0 Å². The summed E-state index contributed by atoms with van der Waals surface area (Å²) in [6.07, 6.45) is 3.42. The molecule has 0 N–H and O–H groups in total. The number of benzene rings is 1. The lowest BCUT2D eigenvalue weighted by Crippen LogP contribution is -2.45. The Bertz CT molecular complexity index is 517. The van der Waals surface area contributed by atoms with Gasteiger partial charge in [-0.2, -0.15) is 0 Å². The van der Waals surface area contributed by atoms with Crippen LogP contribution in [0.1, 0.15) is 49.1 Å². The molecule has 1 aliphatic heterocycles. The summed E-state index contributed by atoms with van der Waals surface area (Å²) < 4.78 is 5.51. The summed E-state index contributed by atoms with van der Waals surface area (Å²) >= 11 is 0. The third kappa shape index (κ3) is 1.97. The van der Waals surface area contributed by atoms with Crippen LogP contribution in [0.25, 0.3) is 0 Å². The van der Waals surface area contributed by atoms with E-state index in [1.807, 2.05) is 31.2 Å². The van der Waals surface area contributed by atoms with Gasteiger partial charge in [0, 0.05) is 12.3 Å². The molecule has 0 aromatic heterocycles. The second-order valence-corrected chi connectivity index (χ2v) is 5.66. The molecule has 2 atom stereocenters. The molecule has 1 spiro atoms. The maximum absolute atomic E-state index is 12.3. The first-order valence-corrected chi connectivity index (χ1v) is 6.93. The van der Waals surface area contributed by atoms with E-state index in [0.29, 0.717) is 19.3 Å². The van der Waals surface area contributed by atoms with E-state index >= 15 is 0 Å². The number of Topliss-reactive ketones (excluding diaryl/α,β-unsaturated/α-hetero) is 1. The molecule has 0 unspecified atom stereocenters. The Labute approximate surface area is 113 Å². The van der Waals surface area contributed by atoms with Crippen LogP contribution >= 0.6 is 0 Å². The van der Waals surface area contributed by atoms with Crippen LogP contribution in [-0.2, 0) is 14.3 Å². The Morgan fingerprint density at radius 3 is 2.58 bits per heavy atom.